The number of hydrogen-bond donors (Lipinski definition) is 1. The van der Waals surface area contributed by atoms with Crippen LogP contribution >= 0.6 is 0 Å². The zero-order valence-corrected chi connectivity index (χ0v) is 14.0. The monoisotopic (exact) mass is 324 g/mol. The number of hydrogen-bond acceptors (Lipinski definition) is 3. The van der Waals surface area contributed by atoms with Crippen LogP contribution in [0.1, 0.15) is 24.0 Å². The van der Waals surface area contributed by atoms with Crippen LogP contribution in [-0.2, 0) is 16.4 Å². The number of nitrogens with zero attached hydrogens (tertiary/aromatic N) is 1. The summed E-state index contributed by atoms with van der Waals surface area (Å²) in [7, 11) is -2.99. The SMILES string of the molecule is Cc1ccccc1CNC(=O)N1CCC[C@H](CS(C)(=O)=O)C1. The molecular weight excluding hydrogens is 300 g/mol. The van der Waals surface area contributed by atoms with Gasteiger partial charge in [-0.1, -0.05) is 24.3 Å². The number of rotatable bonds is 4. The first-order valence-electron chi connectivity index (χ1n) is 7.60. The molecule has 0 bridgehead atoms. The summed E-state index contributed by atoms with van der Waals surface area (Å²) in [5, 5.41) is 2.93. The van der Waals surface area contributed by atoms with Crippen LogP contribution < -0.4 is 5.32 Å². The molecule has 2 amide bonds. The van der Waals surface area contributed by atoms with Gasteiger partial charge < -0.3 is 10.2 Å². The van der Waals surface area contributed by atoms with Gasteiger partial charge in [-0.15, -0.1) is 0 Å². The van der Waals surface area contributed by atoms with Crippen LogP contribution in [0.25, 0.3) is 0 Å². The minimum absolute atomic E-state index is 0.0490. The molecule has 0 saturated carbocycles. The number of benzene rings is 1. The highest BCUT2D eigenvalue weighted by Gasteiger charge is 2.25. The van der Waals surface area contributed by atoms with Gasteiger partial charge >= 0.3 is 6.03 Å². The van der Waals surface area contributed by atoms with Crippen molar-refractivity contribution in [2.24, 2.45) is 5.92 Å². The second kappa shape index (κ2) is 7.13. The smallest absolute Gasteiger partial charge is 0.317 e. The van der Waals surface area contributed by atoms with Crippen molar-refractivity contribution in [3.63, 3.8) is 0 Å². The largest absolute Gasteiger partial charge is 0.334 e. The fourth-order valence-corrected chi connectivity index (χ4v) is 4.03. The molecule has 1 saturated heterocycles. The Morgan fingerprint density at radius 1 is 1.36 bits per heavy atom. The molecule has 22 heavy (non-hydrogen) atoms. The van der Waals surface area contributed by atoms with Gasteiger partial charge in [0.1, 0.15) is 9.84 Å². The zero-order valence-electron chi connectivity index (χ0n) is 13.2. The number of carbonyl (C=O) groups is 1. The lowest BCUT2D eigenvalue weighted by molar-refractivity contribution is 0.170. The average Bonchev–Trinajstić information content (AvgIpc) is 2.44. The average molecular weight is 324 g/mol. The Labute approximate surface area is 132 Å². The van der Waals surface area contributed by atoms with Gasteiger partial charge in [-0.3, -0.25) is 0 Å². The molecule has 1 aliphatic heterocycles. The molecule has 1 atom stereocenters. The predicted octanol–water partition coefficient (Wildman–Crippen LogP) is 1.96. The van der Waals surface area contributed by atoms with E-state index in [9.17, 15) is 13.2 Å². The van der Waals surface area contributed by atoms with Crippen molar-refractivity contribution in [2.75, 3.05) is 25.1 Å². The van der Waals surface area contributed by atoms with E-state index in [0.29, 0.717) is 19.6 Å². The zero-order chi connectivity index (χ0) is 16.2. The Morgan fingerprint density at radius 2 is 2.09 bits per heavy atom. The number of likely N-dealkylation sites (tertiary alicyclic amines) is 1. The first-order chi connectivity index (χ1) is 10.3. The molecule has 0 aromatic heterocycles. The minimum Gasteiger partial charge on any atom is -0.334 e. The van der Waals surface area contributed by atoms with Gasteiger partial charge in [0.25, 0.3) is 0 Å². The normalized spacial score (nSPS) is 19.0. The van der Waals surface area contributed by atoms with E-state index in [-0.39, 0.29) is 17.7 Å². The molecule has 1 N–H and O–H groups in total. The molecule has 6 heteroatoms. The summed E-state index contributed by atoms with van der Waals surface area (Å²) < 4.78 is 22.8. The van der Waals surface area contributed by atoms with Crippen molar-refractivity contribution in [3.05, 3.63) is 35.4 Å². The van der Waals surface area contributed by atoms with Crippen molar-refractivity contribution in [3.8, 4) is 0 Å². The van der Waals surface area contributed by atoms with Crippen LogP contribution in [0.15, 0.2) is 24.3 Å². The van der Waals surface area contributed by atoms with Crippen LogP contribution in [0.4, 0.5) is 4.79 Å². The van der Waals surface area contributed by atoms with E-state index in [4.69, 9.17) is 0 Å². The van der Waals surface area contributed by atoms with Crippen molar-refractivity contribution >= 4 is 15.9 Å². The standard InChI is InChI=1S/C16H24N2O3S/c1-13-6-3-4-8-15(13)10-17-16(19)18-9-5-7-14(11-18)12-22(2,20)21/h3-4,6,8,14H,5,7,9-12H2,1-2H3,(H,17,19)/t14-/m0/s1. The molecule has 1 aliphatic rings. The molecule has 5 nitrogen and oxygen atoms in total. The lowest BCUT2D eigenvalue weighted by Gasteiger charge is -2.32. The van der Waals surface area contributed by atoms with Crippen molar-refractivity contribution < 1.29 is 13.2 Å². The molecule has 0 spiro atoms. The first kappa shape index (κ1) is 16.8. The predicted molar refractivity (Wildman–Crippen MR) is 87.4 cm³/mol. The molecule has 0 aliphatic carbocycles. The van der Waals surface area contributed by atoms with Gasteiger partial charge in [-0.2, -0.15) is 0 Å². The van der Waals surface area contributed by atoms with Gasteiger partial charge in [-0.05, 0) is 36.8 Å². The first-order valence-corrected chi connectivity index (χ1v) is 9.66. The molecule has 1 aromatic rings. The van der Waals surface area contributed by atoms with Crippen molar-refractivity contribution in [1.82, 2.24) is 10.2 Å². The molecule has 122 valence electrons. The van der Waals surface area contributed by atoms with Crippen LogP contribution in [0.3, 0.4) is 0 Å². The Bertz CT molecular complexity index is 628. The Balaban J connectivity index is 1.88. The highest BCUT2D eigenvalue weighted by Crippen LogP contribution is 2.18. The lowest BCUT2D eigenvalue weighted by atomic mass is 10.0. The van der Waals surface area contributed by atoms with E-state index in [2.05, 4.69) is 5.32 Å². The van der Waals surface area contributed by atoms with E-state index in [0.717, 1.165) is 24.0 Å². The molecular formula is C16H24N2O3S. The van der Waals surface area contributed by atoms with Crippen molar-refractivity contribution in [2.45, 2.75) is 26.3 Å². The summed E-state index contributed by atoms with van der Waals surface area (Å²) in [4.78, 5) is 14.0. The van der Waals surface area contributed by atoms with Crippen LogP contribution in [0, 0.1) is 12.8 Å². The summed E-state index contributed by atoms with van der Waals surface area (Å²) >= 11 is 0. The quantitative estimate of drug-likeness (QED) is 0.921. The van der Waals surface area contributed by atoms with Crippen LogP contribution in [0.2, 0.25) is 0 Å². The highest BCUT2D eigenvalue weighted by atomic mass is 32.2. The molecule has 0 unspecified atom stereocenters. The third-order valence-corrected chi connectivity index (χ3v) is 5.11. The van der Waals surface area contributed by atoms with E-state index in [1.165, 1.54) is 6.26 Å². The fourth-order valence-electron chi connectivity index (χ4n) is 2.90. The van der Waals surface area contributed by atoms with E-state index in [1.54, 1.807) is 4.90 Å². The number of piperidine rings is 1. The van der Waals surface area contributed by atoms with E-state index < -0.39 is 9.84 Å². The molecule has 0 radical (unpaired) electrons. The Kier molecular flexibility index (Phi) is 5.45. The second-order valence-corrected chi connectivity index (χ2v) is 8.32. The highest BCUT2D eigenvalue weighted by molar-refractivity contribution is 7.90. The third-order valence-electron chi connectivity index (χ3n) is 4.04. The third kappa shape index (κ3) is 5.02. The van der Waals surface area contributed by atoms with E-state index in [1.807, 2.05) is 31.2 Å². The summed E-state index contributed by atoms with van der Waals surface area (Å²) in [6.45, 7) is 3.73. The molecule has 2 rings (SSSR count). The molecule has 1 heterocycles. The van der Waals surface area contributed by atoms with Gasteiger partial charge in [0.05, 0.1) is 5.75 Å². The summed E-state index contributed by atoms with van der Waals surface area (Å²) in [5.41, 5.74) is 2.25. The lowest BCUT2D eigenvalue weighted by Crippen LogP contribution is -2.46. The number of nitrogens with one attached hydrogen (secondary N) is 1. The van der Waals surface area contributed by atoms with E-state index >= 15 is 0 Å². The molecule has 1 aromatic carbocycles. The van der Waals surface area contributed by atoms with Gasteiger partial charge in [0.15, 0.2) is 0 Å². The number of aryl methyl sites for hydroxylation is 1. The minimum atomic E-state index is -2.99. The Morgan fingerprint density at radius 3 is 2.77 bits per heavy atom. The summed E-state index contributed by atoms with van der Waals surface area (Å²) in [6, 6.07) is 7.84. The molecule has 1 fully saturated rings. The topological polar surface area (TPSA) is 66.5 Å². The van der Waals surface area contributed by atoms with Gasteiger partial charge in [0.2, 0.25) is 0 Å². The summed E-state index contributed by atoms with van der Waals surface area (Å²) in [6.07, 6.45) is 2.98. The van der Waals surface area contributed by atoms with Crippen LogP contribution in [0.5, 0.6) is 0 Å². The Hall–Kier alpha value is -1.56. The maximum atomic E-state index is 12.3. The number of sulfone groups is 1. The summed E-state index contributed by atoms with van der Waals surface area (Å²) in [5.74, 6) is 0.210. The van der Waals surface area contributed by atoms with Gasteiger partial charge in [0, 0.05) is 25.9 Å². The maximum Gasteiger partial charge on any atom is 0.317 e. The van der Waals surface area contributed by atoms with Crippen molar-refractivity contribution in [1.29, 1.82) is 0 Å². The maximum absolute atomic E-state index is 12.3. The number of urea groups is 1. The van der Waals surface area contributed by atoms with Gasteiger partial charge in [-0.25, -0.2) is 13.2 Å². The second-order valence-electron chi connectivity index (χ2n) is 6.13. The number of amides is 2. The fraction of sp³-hybridized carbons (Fsp3) is 0.562. The number of carbonyl (C=O) groups excluding carboxylic acids is 1. The van der Waals surface area contributed by atoms with Crippen LogP contribution in [-0.4, -0.2) is 44.4 Å².